The highest BCUT2D eigenvalue weighted by Crippen LogP contribution is 2.15. The Balaban J connectivity index is 2.53. The molecule has 0 spiro atoms. The topological polar surface area (TPSA) is 63.8 Å². The van der Waals surface area contributed by atoms with Crippen LogP contribution >= 0.6 is 0 Å². The second kappa shape index (κ2) is 6.42. The van der Waals surface area contributed by atoms with Crippen LogP contribution in [0.4, 0.5) is 11.6 Å². The Kier molecular flexibility index (Phi) is 5.19. The Morgan fingerprint density at radius 3 is 2.53 bits per heavy atom. The number of anilines is 2. The molecular formula is C13H24N4. The van der Waals surface area contributed by atoms with Crippen molar-refractivity contribution in [2.45, 2.75) is 46.5 Å². The van der Waals surface area contributed by atoms with Crippen molar-refractivity contribution in [3.8, 4) is 0 Å². The number of nitrogen functional groups attached to an aromatic ring is 1. The third kappa shape index (κ3) is 5.02. The van der Waals surface area contributed by atoms with Gasteiger partial charge in [0.25, 0.3) is 0 Å². The van der Waals surface area contributed by atoms with Gasteiger partial charge in [0.1, 0.15) is 17.5 Å². The number of nitrogens with zero attached hydrogens (tertiary/aromatic N) is 2. The van der Waals surface area contributed by atoms with Gasteiger partial charge in [-0.05, 0) is 18.8 Å². The Morgan fingerprint density at radius 1 is 1.24 bits per heavy atom. The smallest absolute Gasteiger partial charge is 0.135 e. The lowest BCUT2D eigenvalue weighted by molar-refractivity contribution is 0.566. The van der Waals surface area contributed by atoms with E-state index in [0.717, 1.165) is 30.5 Å². The lowest BCUT2D eigenvalue weighted by Crippen LogP contribution is -2.09. The van der Waals surface area contributed by atoms with Crippen LogP contribution in [0.2, 0.25) is 0 Å². The van der Waals surface area contributed by atoms with E-state index in [0.29, 0.717) is 11.7 Å². The van der Waals surface area contributed by atoms with Gasteiger partial charge < -0.3 is 11.1 Å². The highest BCUT2D eigenvalue weighted by molar-refractivity contribution is 5.44. The molecule has 3 N–H and O–H groups in total. The molecular weight excluding hydrogens is 212 g/mol. The third-order valence-electron chi connectivity index (χ3n) is 2.54. The fraction of sp³-hybridized carbons (Fsp3) is 0.692. The van der Waals surface area contributed by atoms with Crippen molar-refractivity contribution in [2.75, 3.05) is 17.6 Å². The molecule has 0 aliphatic carbocycles. The molecule has 0 amide bonds. The van der Waals surface area contributed by atoms with Gasteiger partial charge in [-0.25, -0.2) is 9.97 Å². The Morgan fingerprint density at radius 2 is 1.94 bits per heavy atom. The number of nitrogens with one attached hydrogen (secondary N) is 1. The summed E-state index contributed by atoms with van der Waals surface area (Å²) in [6.07, 6.45) is 2.38. The number of nitrogens with two attached hydrogens (primary N) is 1. The van der Waals surface area contributed by atoms with E-state index in [2.05, 4.69) is 43.0 Å². The van der Waals surface area contributed by atoms with E-state index in [9.17, 15) is 0 Å². The largest absolute Gasteiger partial charge is 0.384 e. The Hall–Kier alpha value is -1.32. The van der Waals surface area contributed by atoms with E-state index >= 15 is 0 Å². The third-order valence-corrected chi connectivity index (χ3v) is 2.54. The average Bonchev–Trinajstić information content (AvgIpc) is 2.23. The van der Waals surface area contributed by atoms with Gasteiger partial charge in [-0.1, -0.05) is 27.7 Å². The fourth-order valence-corrected chi connectivity index (χ4v) is 1.56. The number of hydrogen-bond acceptors (Lipinski definition) is 4. The molecule has 1 aromatic heterocycles. The van der Waals surface area contributed by atoms with E-state index in [1.807, 2.05) is 0 Å². The Labute approximate surface area is 104 Å². The second-order valence-electron chi connectivity index (χ2n) is 5.15. The lowest BCUT2D eigenvalue weighted by atomic mass is 10.1. The van der Waals surface area contributed by atoms with Crippen molar-refractivity contribution in [1.82, 2.24) is 9.97 Å². The maximum Gasteiger partial charge on any atom is 0.135 e. The molecule has 4 nitrogen and oxygen atoms in total. The van der Waals surface area contributed by atoms with Gasteiger partial charge >= 0.3 is 0 Å². The number of rotatable bonds is 6. The number of hydrogen-bond donors (Lipinski definition) is 2. The summed E-state index contributed by atoms with van der Waals surface area (Å²) in [6, 6.07) is 1.79. The molecule has 1 aromatic rings. The summed E-state index contributed by atoms with van der Waals surface area (Å²) < 4.78 is 0. The van der Waals surface area contributed by atoms with E-state index in [-0.39, 0.29) is 0 Å². The summed E-state index contributed by atoms with van der Waals surface area (Å²) in [5.41, 5.74) is 5.76. The predicted octanol–water partition coefficient (Wildman–Crippen LogP) is 3.03. The molecule has 0 unspecified atom stereocenters. The van der Waals surface area contributed by atoms with Gasteiger partial charge in [-0.15, -0.1) is 0 Å². The summed E-state index contributed by atoms with van der Waals surface area (Å²) >= 11 is 0. The summed E-state index contributed by atoms with van der Waals surface area (Å²) in [4.78, 5) is 8.66. The van der Waals surface area contributed by atoms with Crippen molar-refractivity contribution < 1.29 is 0 Å². The molecule has 0 bridgehead atoms. The first-order valence-electron chi connectivity index (χ1n) is 6.37. The minimum absolute atomic E-state index is 0.301. The molecule has 0 atom stereocenters. The minimum Gasteiger partial charge on any atom is -0.384 e. The standard InChI is InChI=1S/C13H24N4/c1-9(2)6-5-7-15-12-8-11(14)16-13(17-12)10(3)4/h8-10H,5-7H2,1-4H3,(H3,14,15,16,17). The van der Waals surface area contributed by atoms with Gasteiger partial charge in [-0.2, -0.15) is 0 Å². The number of aromatic nitrogens is 2. The first kappa shape index (κ1) is 13.7. The maximum atomic E-state index is 5.76. The zero-order valence-corrected chi connectivity index (χ0v) is 11.3. The molecule has 1 heterocycles. The van der Waals surface area contributed by atoms with Gasteiger partial charge in [0.2, 0.25) is 0 Å². The predicted molar refractivity (Wildman–Crippen MR) is 73.1 cm³/mol. The van der Waals surface area contributed by atoms with Crippen molar-refractivity contribution in [1.29, 1.82) is 0 Å². The van der Waals surface area contributed by atoms with E-state index in [1.165, 1.54) is 6.42 Å². The van der Waals surface area contributed by atoms with Crippen LogP contribution in [0.25, 0.3) is 0 Å². The molecule has 4 heteroatoms. The molecule has 0 saturated carbocycles. The van der Waals surface area contributed by atoms with Crippen molar-refractivity contribution in [3.05, 3.63) is 11.9 Å². The van der Waals surface area contributed by atoms with Gasteiger partial charge in [0.15, 0.2) is 0 Å². The molecule has 0 radical (unpaired) electrons. The van der Waals surface area contributed by atoms with Crippen LogP contribution in [-0.4, -0.2) is 16.5 Å². The summed E-state index contributed by atoms with van der Waals surface area (Å²) in [7, 11) is 0. The van der Waals surface area contributed by atoms with Crippen molar-refractivity contribution >= 4 is 11.6 Å². The van der Waals surface area contributed by atoms with Crippen molar-refractivity contribution in [2.24, 2.45) is 5.92 Å². The summed E-state index contributed by atoms with van der Waals surface area (Å²) in [5, 5.41) is 3.30. The van der Waals surface area contributed by atoms with Crippen LogP contribution in [0, 0.1) is 5.92 Å². The molecule has 96 valence electrons. The average molecular weight is 236 g/mol. The Bertz CT molecular complexity index is 347. The SMILES string of the molecule is CC(C)CCCNc1cc(N)nc(C(C)C)n1. The van der Waals surface area contributed by atoms with Crippen molar-refractivity contribution in [3.63, 3.8) is 0 Å². The van der Waals surface area contributed by atoms with Gasteiger partial charge in [0.05, 0.1) is 0 Å². The van der Waals surface area contributed by atoms with Crippen LogP contribution < -0.4 is 11.1 Å². The highest BCUT2D eigenvalue weighted by Gasteiger charge is 2.06. The van der Waals surface area contributed by atoms with Crippen LogP contribution in [0.5, 0.6) is 0 Å². The minimum atomic E-state index is 0.301. The fourth-order valence-electron chi connectivity index (χ4n) is 1.56. The van der Waals surface area contributed by atoms with Crippen LogP contribution in [0.1, 0.15) is 52.3 Å². The molecule has 0 aliphatic heterocycles. The monoisotopic (exact) mass is 236 g/mol. The first-order chi connectivity index (χ1) is 7.99. The summed E-state index contributed by atoms with van der Waals surface area (Å²) in [6.45, 7) is 9.54. The van der Waals surface area contributed by atoms with E-state index in [4.69, 9.17) is 5.73 Å². The molecule has 0 saturated heterocycles. The molecule has 0 aliphatic rings. The lowest BCUT2D eigenvalue weighted by Gasteiger charge is -2.10. The van der Waals surface area contributed by atoms with Gasteiger partial charge in [-0.3, -0.25) is 0 Å². The highest BCUT2D eigenvalue weighted by atomic mass is 15.0. The molecule has 1 rings (SSSR count). The van der Waals surface area contributed by atoms with Crippen LogP contribution in [0.15, 0.2) is 6.07 Å². The normalized spacial score (nSPS) is 11.2. The van der Waals surface area contributed by atoms with Crippen LogP contribution in [-0.2, 0) is 0 Å². The molecule has 17 heavy (non-hydrogen) atoms. The van der Waals surface area contributed by atoms with E-state index < -0.39 is 0 Å². The maximum absolute atomic E-state index is 5.76. The quantitative estimate of drug-likeness (QED) is 0.745. The molecule has 0 fully saturated rings. The second-order valence-corrected chi connectivity index (χ2v) is 5.15. The van der Waals surface area contributed by atoms with Gasteiger partial charge in [0, 0.05) is 18.5 Å². The zero-order chi connectivity index (χ0) is 12.8. The van der Waals surface area contributed by atoms with E-state index in [1.54, 1.807) is 6.07 Å². The first-order valence-corrected chi connectivity index (χ1v) is 6.37. The summed E-state index contributed by atoms with van der Waals surface area (Å²) in [5.74, 6) is 3.23. The molecule has 0 aromatic carbocycles. The van der Waals surface area contributed by atoms with Crippen LogP contribution in [0.3, 0.4) is 0 Å². The zero-order valence-electron chi connectivity index (χ0n) is 11.3.